The molecule has 0 aliphatic carbocycles. The van der Waals surface area contributed by atoms with Crippen LogP contribution in [0.25, 0.3) is 27.8 Å². The van der Waals surface area contributed by atoms with Crippen molar-refractivity contribution >= 4 is 28.3 Å². The van der Waals surface area contributed by atoms with E-state index in [0.29, 0.717) is 13.0 Å². The average molecular weight is 349 g/mol. The molecule has 0 fully saturated rings. The second-order valence-corrected chi connectivity index (χ2v) is 6.23. The van der Waals surface area contributed by atoms with Crippen LogP contribution in [0.5, 0.6) is 0 Å². The Morgan fingerprint density at radius 2 is 2.23 bits per heavy atom. The zero-order valence-corrected chi connectivity index (χ0v) is 14.4. The average Bonchev–Trinajstić information content (AvgIpc) is 3.22. The molecule has 0 aliphatic heterocycles. The molecule has 0 spiro atoms. The number of H-pyrrole nitrogens is 1. The number of nitrogens with one attached hydrogen (secondary N) is 2. The van der Waals surface area contributed by atoms with E-state index in [9.17, 15) is 4.79 Å². The summed E-state index contributed by atoms with van der Waals surface area (Å²) in [4.78, 5) is 23.1. The molecule has 0 amide bonds. The Morgan fingerprint density at radius 3 is 3.08 bits per heavy atom. The van der Waals surface area contributed by atoms with Gasteiger partial charge in [0.2, 0.25) is 0 Å². The molecule has 4 rings (SSSR count). The maximum Gasteiger partial charge on any atom is 0.303 e. The zero-order chi connectivity index (χ0) is 18.1. The number of benzene rings is 1. The number of carbonyl (C=O) groups is 1. The Kier molecular flexibility index (Phi) is 4.04. The molecule has 0 saturated heterocycles. The number of aliphatic carboxylic acids is 1. The summed E-state index contributed by atoms with van der Waals surface area (Å²) in [6.45, 7) is 2.48. The lowest BCUT2D eigenvalue weighted by Gasteiger charge is -2.09. The van der Waals surface area contributed by atoms with Crippen molar-refractivity contribution in [1.29, 1.82) is 0 Å². The number of aromatic nitrogens is 4. The van der Waals surface area contributed by atoms with Crippen molar-refractivity contribution < 1.29 is 9.90 Å². The number of imidazole rings is 1. The molecule has 0 bridgehead atoms. The summed E-state index contributed by atoms with van der Waals surface area (Å²) in [6.07, 6.45) is 6.27. The second-order valence-electron chi connectivity index (χ2n) is 6.23. The van der Waals surface area contributed by atoms with Crippen LogP contribution < -0.4 is 5.32 Å². The first kappa shape index (κ1) is 16.1. The molecule has 0 saturated carbocycles. The molecule has 3 aromatic heterocycles. The van der Waals surface area contributed by atoms with Crippen molar-refractivity contribution in [2.75, 3.05) is 11.9 Å². The van der Waals surface area contributed by atoms with Crippen molar-refractivity contribution in [3.05, 3.63) is 48.5 Å². The SMILES string of the molecule is Cc1cn2c(NCCCC(=O)O)c(-c3cccc4[nH]ccc34)nc2cn1. The highest BCUT2D eigenvalue weighted by Crippen LogP contribution is 2.33. The van der Waals surface area contributed by atoms with Crippen LogP contribution in [0.4, 0.5) is 5.82 Å². The van der Waals surface area contributed by atoms with Gasteiger partial charge in [0.1, 0.15) is 11.5 Å². The first-order valence-corrected chi connectivity index (χ1v) is 8.50. The van der Waals surface area contributed by atoms with Crippen LogP contribution in [0, 0.1) is 6.92 Å². The number of hydrogen-bond donors (Lipinski definition) is 3. The summed E-state index contributed by atoms with van der Waals surface area (Å²) in [5, 5.41) is 13.3. The maximum atomic E-state index is 10.8. The summed E-state index contributed by atoms with van der Waals surface area (Å²) >= 11 is 0. The Bertz CT molecular complexity index is 1100. The third kappa shape index (κ3) is 2.88. The van der Waals surface area contributed by atoms with Gasteiger partial charge in [0.05, 0.1) is 11.9 Å². The van der Waals surface area contributed by atoms with Crippen LogP contribution in [0.3, 0.4) is 0 Å². The summed E-state index contributed by atoms with van der Waals surface area (Å²) in [5.41, 5.74) is 4.53. The Labute approximate surface area is 149 Å². The van der Waals surface area contributed by atoms with Crippen molar-refractivity contribution in [3.8, 4) is 11.3 Å². The van der Waals surface area contributed by atoms with Crippen molar-refractivity contribution in [3.63, 3.8) is 0 Å². The van der Waals surface area contributed by atoms with Crippen LogP contribution in [-0.2, 0) is 4.79 Å². The number of anilines is 1. The smallest absolute Gasteiger partial charge is 0.303 e. The van der Waals surface area contributed by atoms with Gasteiger partial charge in [0.25, 0.3) is 0 Å². The van der Waals surface area contributed by atoms with Crippen molar-refractivity contribution in [2.45, 2.75) is 19.8 Å². The van der Waals surface area contributed by atoms with E-state index >= 15 is 0 Å². The fourth-order valence-electron chi connectivity index (χ4n) is 3.15. The van der Waals surface area contributed by atoms with E-state index in [2.05, 4.69) is 15.3 Å². The van der Waals surface area contributed by atoms with E-state index in [-0.39, 0.29) is 6.42 Å². The Morgan fingerprint density at radius 1 is 1.35 bits per heavy atom. The molecule has 7 nitrogen and oxygen atoms in total. The number of aromatic amines is 1. The minimum atomic E-state index is -0.790. The summed E-state index contributed by atoms with van der Waals surface area (Å²) < 4.78 is 1.98. The predicted molar refractivity (Wildman–Crippen MR) is 100 cm³/mol. The van der Waals surface area contributed by atoms with E-state index in [4.69, 9.17) is 10.1 Å². The standard InChI is InChI=1S/C19H19N5O2/c1-12-11-24-16(10-22-12)23-18(19(24)21-8-3-6-17(25)26)14-4-2-5-15-13(14)7-9-20-15/h2,4-5,7,9-11,20-21H,3,6,8H2,1H3,(H,25,26). The lowest BCUT2D eigenvalue weighted by Crippen LogP contribution is -2.07. The molecule has 0 unspecified atom stereocenters. The first-order valence-electron chi connectivity index (χ1n) is 8.50. The quantitative estimate of drug-likeness (QED) is 0.463. The molecular weight excluding hydrogens is 330 g/mol. The van der Waals surface area contributed by atoms with E-state index in [1.807, 2.05) is 48.0 Å². The van der Waals surface area contributed by atoms with Crippen LogP contribution in [0.1, 0.15) is 18.5 Å². The second kappa shape index (κ2) is 6.51. The van der Waals surface area contributed by atoms with Gasteiger partial charge in [-0.05, 0) is 25.5 Å². The molecule has 3 N–H and O–H groups in total. The number of aryl methyl sites for hydroxylation is 1. The molecule has 3 heterocycles. The predicted octanol–water partition coefficient (Wildman–Crippen LogP) is 3.46. The number of fused-ring (bicyclic) bond motifs is 2. The largest absolute Gasteiger partial charge is 0.481 e. The van der Waals surface area contributed by atoms with E-state index in [1.54, 1.807) is 6.20 Å². The van der Waals surface area contributed by atoms with Gasteiger partial charge in [-0.1, -0.05) is 12.1 Å². The summed E-state index contributed by atoms with van der Waals surface area (Å²) in [7, 11) is 0. The van der Waals surface area contributed by atoms with E-state index < -0.39 is 5.97 Å². The van der Waals surface area contributed by atoms with Gasteiger partial charge in [0, 0.05) is 41.8 Å². The van der Waals surface area contributed by atoms with E-state index in [0.717, 1.165) is 39.3 Å². The van der Waals surface area contributed by atoms with Crippen LogP contribution in [-0.4, -0.2) is 37.0 Å². The fraction of sp³-hybridized carbons (Fsp3) is 0.211. The van der Waals surface area contributed by atoms with Crippen LogP contribution in [0.2, 0.25) is 0 Å². The van der Waals surface area contributed by atoms with Gasteiger partial charge in [-0.2, -0.15) is 0 Å². The first-order chi connectivity index (χ1) is 12.6. The maximum absolute atomic E-state index is 10.8. The monoisotopic (exact) mass is 349 g/mol. The fourth-order valence-corrected chi connectivity index (χ4v) is 3.15. The van der Waals surface area contributed by atoms with Gasteiger partial charge in [0.15, 0.2) is 5.65 Å². The molecule has 0 radical (unpaired) electrons. The lowest BCUT2D eigenvalue weighted by atomic mass is 10.1. The molecule has 4 aromatic rings. The normalized spacial score (nSPS) is 11.3. The molecule has 26 heavy (non-hydrogen) atoms. The van der Waals surface area contributed by atoms with Crippen molar-refractivity contribution in [2.24, 2.45) is 0 Å². The minimum absolute atomic E-state index is 0.132. The zero-order valence-electron chi connectivity index (χ0n) is 14.4. The number of rotatable bonds is 6. The van der Waals surface area contributed by atoms with Gasteiger partial charge >= 0.3 is 5.97 Å². The Balaban J connectivity index is 1.81. The summed E-state index contributed by atoms with van der Waals surface area (Å²) in [5.74, 6) is 0.0619. The molecule has 7 heteroatoms. The topological polar surface area (TPSA) is 95.3 Å². The number of nitrogens with zero attached hydrogens (tertiary/aromatic N) is 3. The highest BCUT2D eigenvalue weighted by Gasteiger charge is 2.16. The molecule has 0 atom stereocenters. The summed E-state index contributed by atoms with van der Waals surface area (Å²) in [6, 6.07) is 8.10. The molecule has 1 aromatic carbocycles. The number of hydrogen-bond acceptors (Lipinski definition) is 4. The highest BCUT2D eigenvalue weighted by molar-refractivity contribution is 5.97. The molecular formula is C19H19N5O2. The lowest BCUT2D eigenvalue weighted by molar-refractivity contribution is -0.137. The Hall–Kier alpha value is -3.35. The van der Waals surface area contributed by atoms with Crippen LogP contribution in [0.15, 0.2) is 42.9 Å². The van der Waals surface area contributed by atoms with Gasteiger partial charge in [-0.15, -0.1) is 0 Å². The third-order valence-electron chi connectivity index (χ3n) is 4.35. The van der Waals surface area contributed by atoms with Gasteiger partial charge in [-0.25, -0.2) is 4.98 Å². The molecule has 0 aliphatic rings. The highest BCUT2D eigenvalue weighted by atomic mass is 16.4. The van der Waals surface area contributed by atoms with Crippen molar-refractivity contribution in [1.82, 2.24) is 19.4 Å². The van der Waals surface area contributed by atoms with Gasteiger partial charge < -0.3 is 15.4 Å². The molecule has 132 valence electrons. The third-order valence-corrected chi connectivity index (χ3v) is 4.35. The minimum Gasteiger partial charge on any atom is -0.481 e. The number of carboxylic acids is 1. The van der Waals surface area contributed by atoms with Gasteiger partial charge in [-0.3, -0.25) is 14.2 Å². The van der Waals surface area contributed by atoms with E-state index in [1.165, 1.54) is 0 Å². The van der Waals surface area contributed by atoms with Crippen LogP contribution >= 0.6 is 0 Å². The number of carboxylic acid groups (broad SMARTS) is 1.